The molecule has 7 heteroatoms. The molecule has 0 radical (unpaired) electrons. The topological polar surface area (TPSA) is 105 Å². The number of aliphatic carboxylic acids is 1. The van der Waals surface area contributed by atoms with E-state index in [0.717, 1.165) is 24.0 Å². The van der Waals surface area contributed by atoms with Crippen LogP contribution in [-0.4, -0.2) is 42.8 Å². The Kier molecular flexibility index (Phi) is 9.29. The van der Waals surface area contributed by atoms with Gasteiger partial charge in [-0.2, -0.15) is 0 Å². The summed E-state index contributed by atoms with van der Waals surface area (Å²) in [6, 6.07) is 16.4. The maximum absolute atomic E-state index is 12.9. The average molecular weight is 481 g/mol. The minimum Gasteiger partial charge on any atom is -0.481 e. The molecule has 2 aromatic carbocycles. The van der Waals surface area contributed by atoms with Gasteiger partial charge in [-0.1, -0.05) is 68.8 Å². The molecule has 2 aromatic rings. The first kappa shape index (κ1) is 26.3. The van der Waals surface area contributed by atoms with Crippen molar-refractivity contribution in [3.8, 4) is 11.1 Å². The molecular formula is C28H36N2O5. The molecule has 3 N–H and O–H groups in total. The lowest BCUT2D eigenvalue weighted by atomic mass is 9.81. The number of hydrogen-bond acceptors (Lipinski definition) is 4. The molecule has 0 spiro atoms. The summed E-state index contributed by atoms with van der Waals surface area (Å²) in [5, 5.41) is 14.5. The normalized spacial score (nSPS) is 12.5. The molecule has 0 aliphatic heterocycles. The van der Waals surface area contributed by atoms with Gasteiger partial charge in [-0.15, -0.1) is 0 Å². The van der Waals surface area contributed by atoms with Gasteiger partial charge < -0.3 is 20.5 Å². The van der Waals surface area contributed by atoms with Gasteiger partial charge in [0.2, 0.25) is 5.91 Å². The summed E-state index contributed by atoms with van der Waals surface area (Å²) < 4.78 is 5.62. The summed E-state index contributed by atoms with van der Waals surface area (Å²) in [7, 11) is 0. The highest BCUT2D eigenvalue weighted by Crippen LogP contribution is 2.44. The Morgan fingerprint density at radius 1 is 0.886 bits per heavy atom. The largest absolute Gasteiger partial charge is 0.481 e. The van der Waals surface area contributed by atoms with E-state index in [1.54, 1.807) is 0 Å². The third-order valence-electron chi connectivity index (χ3n) is 7.10. The van der Waals surface area contributed by atoms with Crippen molar-refractivity contribution in [2.45, 2.75) is 58.3 Å². The van der Waals surface area contributed by atoms with Gasteiger partial charge in [0.15, 0.2) is 0 Å². The van der Waals surface area contributed by atoms with E-state index >= 15 is 0 Å². The van der Waals surface area contributed by atoms with Gasteiger partial charge in [-0.25, -0.2) is 4.79 Å². The molecule has 0 saturated carbocycles. The summed E-state index contributed by atoms with van der Waals surface area (Å²) >= 11 is 0. The summed E-state index contributed by atoms with van der Waals surface area (Å²) in [6.45, 7) is 4.80. The Bertz CT molecular complexity index is 986. The van der Waals surface area contributed by atoms with Crippen LogP contribution in [0.5, 0.6) is 0 Å². The summed E-state index contributed by atoms with van der Waals surface area (Å²) in [5.41, 5.74) is 3.94. The minimum absolute atomic E-state index is 0.0142. The van der Waals surface area contributed by atoms with E-state index in [9.17, 15) is 14.4 Å². The van der Waals surface area contributed by atoms with E-state index in [-0.39, 0.29) is 31.4 Å². The lowest BCUT2D eigenvalue weighted by Gasteiger charge is -2.30. The number of fused-ring (bicyclic) bond motifs is 3. The fourth-order valence-corrected chi connectivity index (χ4v) is 4.76. The molecule has 0 heterocycles. The Balaban J connectivity index is 1.51. The molecule has 35 heavy (non-hydrogen) atoms. The van der Waals surface area contributed by atoms with Gasteiger partial charge in [0.25, 0.3) is 0 Å². The minimum atomic E-state index is -0.802. The molecular weight excluding hydrogens is 444 g/mol. The van der Waals surface area contributed by atoms with E-state index < -0.39 is 17.5 Å². The number of carbonyl (C=O) groups is 3. The zero-order valence-electron chi connectivity index (χ0n) is 20.6. The maximum atomic E-state index is 12.9. The van der Waals surface area contributed by atoms with Gasteiger partial charge in [0.1, 0.15) is 6.61 Å². The predicted octanol–water partition coefficient (Wildman–Crippen LogP) is 5.09. The zero-order valence-corrected chi connectivity index (χ0v) is 20.6. The molecule has 0 unspecified atom stereocenters. The summed E-state index contributed by atoms with van der Waals surface area (Å²) in [4.78, 5) is 36.1. The third kappa shape index (κ3) is 6.41. The number of hydrogen-bond donors (Lipinski definition) is 3. The van der Waals surface area contributed by atoms with Crippen molar-refractivity contribution in [2.24, 2.45) is 5.41 Å². The SMILES string of the molecule is CCC(CC)(CNC(=O)OCC1c2ccccc2-c2ccccc21)C(=O)NCCCCCC(=O)O. The van der Waals surface area contributed by atoms with Gasteiger partial charge in [-0.05, 0) is 47.9 Å². The molecule has 1 aliphatic rings. The van der Waals surface area contributed by atoms with Gasteiger partial charge in [-0.3, -0.25) is 9.59 Å². The number of unbranched alkanes of at least 4 members (excludes halogenated alkanes) is 2. The van der Waals surface area contributed by atoms with Gasteiger partial charge >= 0.3 is 12.1 Å². The number of carboxylic acids is 1. The molecule has 0 bridgehead atoms. The number of nitrogens with one attached hydrogen (secondary N) is 2. The first-order valence-electron chi connectivity index (χ1n) is 12.5. The standard InChI is InChI=1S/C28H36N2O5/c1-3-28(4-2,26(33)29-17-11-5-6-16-25(31)32)19-30-27(34)35-18-24-22-14-9-7-12-20(22)21-13-8-10-15-23(21)24/h7-10,12-15,24H,3-6,11,16-19H2,1-2H3,(H,29,33)(H,30,34)(H,31,32). The van der Waals surface area contributed by atoms with E-state index in [1.165, 1.54) is 11.1 Å². The first-order chi connectivity index (χ1) is 16.9. The first-order valence-corrected chi connectivity index (χ1v) is 12.5. The number of carbonyl (C=O) groups excluding carboxylic acids is 2. The zero-order chi connectivity index (χ0) is 25.3. The number of benzene rings is 2. The highest BCUT2D eigenvalue weighted by molar-refractivity contribution is 5.83. The second-order valence-electron chi connectivity index (χ2n) is 9.13. The molecule has 0 atom stereocenters. The molecule has 3 rings (SSSR count). The quantitative estimate of drug-likeness (QED) is 0.346. The smallest absolute Gasteiger partial charge is 0.407 e. The molecule has 188 valence electrons. The Labute approximate surface area is 207 Å². The van der Waals surface area contributed by atoms with Crippen LogP contribution in [-0.2, 0) is 14.3 Å². The van der Waals surface area contributed by atoms with Crippen molar-refractivity contribution in [1.82, 2.24) is 10.6 Å². The molecule has 7 nitrogen and oxygen atoms in total. The molecule has 0 aromatic heterocycles. The monoisotopic (exact) mass is 480 g/mol. The second kappa shape index (κ2) is 12.4. The molecule has 0 saturated heterocycles. The number of amides is 2. The second-order valence-corrected chi connectivity index (χ2v) is 9.13. The van der Waals surface area contributed by atoms with Crippen LogP contribution in [0.15, 0.2) is 48.5 Å². The average Bonchev–Trinajstić information content (AvgIpc) is 3.19. The van der Waals surface area contributed by atoms with Crippen LogP contribution in [0, 0.1) is 5.41 Å². The van der Waals surface area contributed by atoms with Gasteiger partial charge in [0.05, 0.1) is 5.41 Å². The highest BCUT2D eigenvalue weighted by Gasteiger charge is 2.35. The van der Waals surface area contributed by atoms with Crippen LogP contribution < -0.4 is 10.6 Å². The van der Waals surface area contributed by atoms with E-state index in [1.807, 2.05) is 38.1 Å². The number of carboxylic acid groups (broad SMARTS) is 1. The molecule has 1 aliphatic carbocycles. The molecule has 2 amide bonds. The Hall–Kier alpha value is -3.35. The van der Waals surface area contributed by atoms with E-state index in [0.29, 0.717) is 25.8 Å². The maximum Gasteiger partial charge on any atom is 0.407 e. The Morgan fingerprint density at radius 2 is 1.49 bits per heavy atom. The van der Waals surface area contributed by atoms with Crippen molar-refractivity contribution in [3.63, 3.8) is 0 Å². The van der Waals surface area contributed by atoms with Crippen molar-refractivity contribution in [3.05, 3.63) is 59.7 Å². The predicted molar refractivity (Wildman–Crippen MR) is 135 cm³/mol. The van der Waals surface area contributed by atoms with Crippen molar-refractivity contribution in [1.29, 1.82) is 0 Å². The lowest BCUT2D eigenvalue weighted by Crippen LogP contribution is -2.48. The fourth-order valence-electron chi connectivity index (χ4n) is 4.76. The lowest BCUT2D eigenvalue weighted by molar-refractivity contribution is -0.137. The summed E-state index contributed by atoms with van der Waals surface area (Å²) in [6.07, 6.45) is 2.85. The summed E-state index contributed by atoms with van der Waals surface area (Å²) in [5.74, 6) is -0.913. The number of ether oxygens (including phenoxy) is 1. The van der Waals surface area contributed by atoms with Crippen LogP contribution in [0.4, 0.5) is 4.79 Å². The van der Waals surface area contributed by atoms with E-state index in [4.69, 9.17) is 9.84 Å². The third-order valence-corrected chi connectivity index (χ3v) is 7.10. The van der Waals surface area contributed by atoms with Crippen LogP contribution in [0.1, 0.15) is 69.4 Å². The van der Waals surface area contributed by atoms with Crippen molar-refractivity contribution in [2.75, 3.05) is 19.7 Å². The number of rotatable bonds is 13. The van der Waals surface area contributed by atoms with Crippen LogP contribution in [0.2, 0.25) is 0 Å². The van der Waals surface area contributed by atoms with E-state index in [2.05, 4.69) is 34.9 Å². The fraction of sp³-hybridized carbons (Fsp3) is 0.464. The van der Waals surface area contributed by atoms with Crippen LogP contribution in [0.25, 0.3) is 11.1 Å². The Morgan fingerprint density at radius 3 is 2.06 bits per heavy atom. The van der Waals surface area contributed by atoms with Crippen molar-refractivity contribution < 1.29 is 24.2 Å². The molecule has 0 fully saturated rings. The number of alkyl carbamates (subject to hydrolysis) is 1. The van der Waals surface area contributed by atoms with Crippen molar-refractivity contribution >= 4 is 18.0 Å². The van der Waals surface area contributed by atoms with Crippen LogP contribution >= 0.6 is 0 Å². The van der Waals surface area contributed by atoms with Gasteiger partial charge in [0, 0.05) is 25.4 Å². The highest BCUT2D eigenvalue weighted by atomic mass is 16.5. The van der Waals surface area contributed by atoms with Crippen LogP contribution in [0.3, 0.4) is 0 Å².